The highest BCUT2D eigenvalue weighted by Crippen LogP contribution is 2.24. The first-order valence-electron chi connectivity index (χ1n) is 8.31. The lowest BCUT2D eigenvalue weighted by Crippen LogP contribution is -2.13. The molecule has 3 aromatic carbocycles. The van der Waals surface area contributed by atoms with E-state index < -0.39 is 0 Å². The van der Waals surface area contributed by atoms with Crippen molar-refractivity contribution in [2.24, 2.45) is 0 Å². The molecule has 140 valence electrons. The highest BCUT2D eigenvalue weighted by molar-refractivity contribution is 6.31. The van der Waals surface area contributed by atoms with E-state index in [9.17, 15) is 9.18 Å². The Morgan fingerprint density at radius 1 is 1.04 bits per heavy atom. The van der Waals surface area contributed by atoms with Crippen molar-refractivity contribution in [1.29, 1.82) is 0 Å². The van der Waals surface area contributed by atoms with Crippen molar-refractivity contribution in [3.63, 3.8) is 0 Å². The maximum absolute atomic E-state index is 13.1. The summed E-state index contributed by atoms with van der Waals surface area (Å²) in [6.45, 7) is 0. The van der Waals surface area contributed by atoms with Crippen LogP contribution in [0.1, 0.15) is 10.4 Å². The Bertz CT molecular complexity index is 1170. The molecule has 1 aromatic heterocycles. The lowest BCUT2D eigenvalue weighted by atomic mass is 10.1. The van der Waals surface area contributed by atoms with Crippen LogP contribution in [-0.4, -0.2) is 28.0 Å². The van der Waals surface area contributed by atoms with Crippen molar-refractivity contribution >= 4 is 34.2 Å². The number of amides is 1. The molecule has 0 aliphatic carbocycles. The molecule has 6 nitrogen and oxygen atoms in total. The molecule has 0 fully saturated rings. The van der Waals surface area contributed by atoms with E-state index in [1.54, 1.807) is 48.5 Å². The smallest absolute Gasteiger partial charge is 0.259 e. The average molecular weight is 397 g/mol. The molecule has 0 bridgehead atoms. The summed E-state index contributed by atoms with van der Waals surface area (Å²) in [6, 6.07) is 15.8. The lowest BCUT2D eigenvalue weighted by molar-refractivity contribution is 0.102. The first-order chi connectivity index (χ1) is 13.5. The Morgan fingerprint density at radius 3 is 2.54 bits per heavy atom. The fourth-order valence-electron chi connectivity index (χ4n) is 2.74. The second-order valence-electron chi connectivity index (χ2n) is 5.97. The molecule has 4 rings (SSSR count). The van der Waals surface area contributed by atoms with E-state index in [0.29, 0.717) is 38.7 Å². The number of halogens is 2. The van der Waals surface area contributed by atoms with Crippen LogP contribution in [-0.2, 0) is 0 Å². The van der Waals surface area contributed by atoms with Crippen LogP contribution in [0.2, 0.25) is 5.02 Å². The molecular formula is C20H14ClFN4O2. The molecule has 1 N–H and O–H groups in total. The van der Waals surface area contributed by atoms with Gasteiger partial charge >= 0.3 is 0 Å². The van der Waals surface area contributed by atoms with Gasteiger partial charge in [0.05, 0.1) is 18.4 Å². The topological polar surface area (TPSA) is 69.0 Å². The third-order valence-corrected chi connectivity index (χ3v) is 4.34. The maximum atomic E-state index is 13.1. The third-order valence-electron chi connectivity index (χ3n) is 4.10. The van der Waals surface area contributed by atoms with Crippen molar-refractivity contribution in [3.05, 3.63) is 77.1 Å². The first kappa shape index (κ1) is 17.9. The molecule has 1 heterocycles. The summed E-state index contributed by atoms with van der Waals surface area (Å²) >= 11 is 5.99. The Balaban J connectivity index is 1.62. The minimum atomic E-state index is -0.357. The van der Waals surface area contributed by atoms with Gasteiger partial charge in [-0.05, 0) is 60.7 Å². The Labute approximate surface area is 164 Å². The molecule has 0 radical (unpaired) electrons. The highest BCUT2D eigenvalue weighted by atomic mass is 35.5. The number of aromatic nitrogens is 3. The van der Waals surface area contributed by atoms with E-state index in [4.69, 9.17) is 16.3 Å². The number of anilines is 1. The van der Waals surface area contributed by atoms with Gasteiger partial charge in [-0.15, -0.1) is 10.2 Å². The molecule has 0 spiro atoms. The van der Waals surface area contributed by atoms with Gasteiger partial charge < -0.3 is 10.1 Å². The molecule has 0 aliphatic rings. The van der Waals surface area contributed by atoms with Crippen LogP contribution >= 0.6 is 11.6 Å². The summed E-state index contributed by atoms with van der Waals surface area (Å²) in [7, 11) is 1.49. The molecule has 0 saturated heterocycles. The molecule has 0 saturated carbocycles. The van der Waals surface area contributed by atoms with Gasteiger partial charge in [-0.2, -0.15) is 4.80 Å². The first-order valence-corrected chi connectivity index (χ1v) is 8.69. The van der Waals surface area contributed by atoms with Crippen LogP contribution in [0.25, 0.3) is 16.7 Å². The standard InChI is InChI=1S/C20H14ClFN4O2/c1-28-19-9-2-12(21)10-16(19)20(27)23-14-5-8-17-18(11-14)25-26(24-17)15-6-3-13(22)4-7-15/h2-11H,1H3,(H,23,27). The number of fused-ring (bicyclic) bond motifs is 1. The number of carbonyl (C=O) groups is 1. The summed E-state index contributed by atoms with van der Waals surface area (Å²) in [5.74, 6) is -0.267. The second kappa shape index (κ2) is 7.28. The number of benzene rings is 3. The van der Waals surface area contributed by atoms with Crippen molar-refractivity contribution in [2.45, 2.75) is 0 Å². The number of nitrogens with zero attached hydrogens (tertiary/aromatic N) is 3. The summed E-state index contributed by atoms with van der Waals surface area (Å²) in [5, 5.41) is 12.0. The lowest BCUT2D eigenvalue weighted by Gasteiger charge is -2.09. The minimum Gasteiger partial charge on any atom is -0.496 e. The number of hydrogen-bond acceptors (Lipinski definition) is 4. The zero-order valence-corrected chi connectivity index (χ0v) is 15.4. The largest absolute Gasteiger partial charge is 0.496 e. The number of carbonyl (C=O) groups excluding carboxylic acids is 1. The van der Waals surface area contributed by atoms with Gasteiger partial charge in [0.25, 0.3) is 5.91 Å². The predicted octanol–water partition coefficient (Wildman–Crippen LogP) is 4.47. The van der Waals surface area contributed by atoms with E-state index >= 15 is 0 Å². The van der Waals surface area contributed by atoms with Gasteiger partial charge in [0, 0.05) is 10.7 Å². The van der Waals surface area contributed by atoms with Crippen LogP contribution < -0.4 is 10.1 Å². The van der Waals surface area contributed by atoms with Gasteiger partial charge in [-0.25, -0.2) is 4.39 Å². The highest BCUT2D eigenvalue weighted by Gasteiger charge is 2.14. The molecule has 28 heavy (non-hydrogen) atoms. The zero-order valence-electron chi connectivity index (χ0n) is 14.7. The molecular weight excluding hydrogens is 383 g/mol. The molecule has 0 aliphatic heterocycles. The normalized spacial score (nSPS) is 10.8. The minimum absolute atomic E-state index is 0.324. The van der Waals surface area contributed by atoms with Gasteiger partial charge in [0.1, 0.15) is 22.6 Å². The average Bonchev–Trinajstić information content (AvgIpc) is 3.11. The van der Waals surface area contributed by atoms with E-state index in [1.807, 2.05) is 0 Å². The molecule has 0 unspecified atom stereocenters. The van der Waals surface area contributed by atoms with Crippen molar-refractivity contribution < 1.29 is 13.9 Å². The van der Waals surface area contributed by atoms with E-state index in [-0.39, 0.29) is 11.7 Å². The van der Waals surface area contributed by atoms with Crippen molar-refractivity contribution in [1.82, 2.24) is 15.0 Å². The fourth-order valence-corrected chi connectivity index (χ4v) is 2.91. The Hall–Kier alpha value is -3.45. The van der Waals surface area contributed by atoms with Crippen molar-refractivity contribution in [2.75, 3.05) is 12.4 Å². The SMILES string of the molecule is COc1ccc(Cl)cc1C(=O)Nc1ccc2nn(-c3ccc(F)cc3)nc2c1. The maximum Gasteiger partial charge on any atom is 0.259 e. The van der Waals surface area contributed by atoms with Gasteiger partial charge in [0.2, 0.25) is 0 Å². The van der Waals surface area contributed by atoms with Crippen LogP contribution in [0.15, 0.2) is 60.7 Å². The number of rotatable bonds is 4. The Kier molecular flexibility index (Phi) is 4.67. The van der Waals surface area contributed by atoms with Gasteiger partial charge in [-0.1, -0.05) is 11.6 Å². The van der Waals surface area contributed by atoms with Crippen LogP contribution in [0.3, 0.4) is 0 Å². The van der Waals surface area contributed by atoms with Gasteiger partial charge in [-0.3, -0.25) is 4.79 Å². The van der Waals surface area contributed by atoms with Crippen LogP contribution in [0.4, 0.5) is 10.1 Å². The van der Waals surface area contributed by atoms with E-state index in [2.05, 4.69) is 15.5 Å². The quantitative estimate of drug-likeness (QED) is 0.552. The van der Waals surface area contributed by atoms with E-state index in [1.165, 1.54) is 24.0 Å². The summed E-state index contributed by atoms with van der Waals surface area (Å²) < 4.78 is 18.3. The Morgan fingerprint density at radius 2 is 1.79 bits per heavy atom. The van der Waals surface area contributed by atoms with Crippen LogP contribution in [0, 0.1) is 5.82 Å². The monoisotopic (exact) mass is 396 g/mol. The summed E-state index contributed by atoms with van der Waals surface area (Å²) in [6.07, 6.45) is 0. The molecule has 1 amide bonds. The number of ether oxygens (including phenoxy) is 1. The second-order valence-corrected chi connectivity index (χ2v) is 6.40. The zero-order chi connectivity index (χ0) is 19.7. The molecule has 0 atom stereocenters. The fraction of sp³-hybridized carbons (Fsp3) is 0.0500. The number of methoxy groups -OCH3 is 1. The predicted molar refractivity (Wildman–Crippen MR) is 105 cm³/mol. The molecule has 8 heteroatoms. The van der Waals surface area contributed by atoms with Crippen molar-refractivity contribution in [3.8, 4) is 11.4 Å². The number of hydrogen-bond donors (Lipinski definition) is 1. The third kappa shape index (κ3) is 3.52. The summed E-state index contributed by atoms with van der Waals surface area (Å²) in [4.78, 5) is 14.0. The van der Waals surface area contributed by atoms with E-state index in [0.717, 1.165) is 0 Å². The summed E-state index contributed by atoms with van der Waals surface area (Å²) in [5.41, 5.74) is 2.73. The van der Waals surface area contributed by atoms with Gasteiger partial charge in [0.15, 0.2) is 0 Å². The number of nitrogens with one attached hydrogen (secondary N) is 1. The molecule has 4 aromatic rings. The van der Waals surface area contributed by atoms with Crippen LogP contribution in [0.5, 0.6) is 5.75 Å².